The number of carbonyl (C=O) groups is 1. The Hall–Kier alpha value is -2.25. The lowest BCUT2D eigenvalue weighted by Crippen LogP contribution is -2.57. The Kier molecular flexibility index (Phi) is 5.97. The third-order valence-corrected chi connectivity index (χ3v) is 10.7. The fourth-order valence-electron chi connectivity index (χ4n) is 8.57. The van der Waals surface area contributed by atoms with Gasteiger partial charge in [-0.3, -0.25) is 14.6 Å². The molecule has 0 unspecified atom stereocenters. The van der Waals surface area contributed by atoms with Crippen molar-refractivity contribution >= 4 is 5.97 Å². The molecule has 1 N–H and O–H groups in total. The van der Waals surface area contributed by atoms with Gasteiger partial charge in [-0.05, 0) is 43.4 Å². The van der Waals surface area contributed by atoms with E-state index < -0.39 is 5.72 Å². The molecule has 0 radical (unpaired) electrons. The normalized spacial score (nSPS) is 37.5. The number of hydrogen-bond donors (Lipinski definition) is 1. The van der Waals surface area contributed by atoms with Gasteiger partial charge in [-0.2, -0.15) is 0 Å². The minimum Gasteiger partial charge on any atom is -0.462 e. The van der Waals surface area contributed by atoms with Crippen LogP contribution in [-0.4, -0.2) is 71.9 Å². The Morgan fingerprint density at radius 2 is 1.61 bits per heavy atom. The Labute approximate surface area is 225 Å². The first kappa shape index (κ1) is 24.8. The van der Waals surface area contributed by atoms with Gasteiger partial charge < -0.3 is 14.6 Å². The number of piperazine rings is 1. The van der Waals surface area contributed by atoms with Gasteiger partial charge in [0.05, 0.1) is 18.1 Å². The largest absolute Gasteiger partial charge is 0.462 e. The van der Waals surface area contributed by atoms with Crippen molar-refractivity contribution in [2.45, 2.75) is 56.5 Å². The number of esters is 1. The molecular formula is C32H40N2O4. The molecule has 5 aliphatic rings. The van der Waals surface area contributed by atoms with Gasteiger partial charge in [0, 0.05) is 49.8 Å². The van der Waals surface area contributed by atoms with Crippen molar-refractivity contribution < 1.29 is 19.4 Å². The zero-order valence-corrected chi connectivity index (χ0v) is 22.4. The van der Waals surface area contributed by atoms with E-state index in [4.69, 9.17) is 9.47 Å². The summed E-state index contributed by atoms with van der Waals surface area (Å²) in [5, 5.41) is 12.2. The molecule has 0 amide bonds. The summed E-state index contributed by atoms with van der Waals surface area (Å²) in [6, 6.07) is 19.9. The third kappa shape index (κ3) is 3.95. The average molecular weight is 517 g/mol. The number of epoxide rings is 1. The monoisotopic (exact) mass is 516 g/mol. The number of rotatable bonds is 5. The molecular weight excluding hydrogens is 476 g/mol. The topological polar surface area (TPSA) is 65.5 Å². The summed E-state index contributed by atoms with van der Waals surface area (Å²) in [4.78, 5) is 17.8. The Balaban J connectivity index is 1.05. The molecule has 0 bridgehead atoms. The van der Waals surface area contributed by atoms with Gasteiger partial charge >= 0.3 is 5.97 Å². The van der Waals surface area contributed by atoms with Crippen molar-refractivity contribution in [3.05, 3.63) is 71.8 Å². The van der Waals surface area contributed by atoms with E-state index in [0.29, 0.717) is 11.8 Å². The quantitative estimate of drug-likeness (QED) is 0.478. The van der Waals surface area contributed by atoms with Crippen molar-refractivity contribution in [3.8, 4) is 0 Å². The molecule has 3 heterocycles. The number of aliphatic hydroxyl groups is 1. The molecule has 2 aromatic rings. The van der Waals surface area contributed by atoms with Crippen LogP contribution in [0, 0.1) is 23.2 Å². The number of hydrogen-bond acceptors (Lipinski definition) is 6. The lowest BCUT2D eigenvalue weighted by atomic mass is 9.53. The average Bonchev–Trinajstić information content (AvgIpc) is 3.65. The molecule has 1 spiro atoms. The Bertz CT molecular complexity index is 1120. The van der Waals surface area contributed by atoms with Crippen LogP contribution >= 0.6 is 0 Å². The second kappa shape index (κ2) is 9.16. The second-order valence-corrected chi connectivity index (χ2v) is 12.8. The van der Waals surface area contributed by atoms with Crippen LogP contribution in [0.2, 0.25) is 0 Å². The van der Waals surface area contributed by atoms with E-state index in [1.54, 1.807) is 0 Å². The molecule has 0 aromatic heterocycles. The maximum absolute atomic E-state index is 13.2. The summed E-state index contributed by atoms with van der Waals surface area (Å²) in [5.74, 6) is 0.783. The van der Waals surface area contributed by atoms with Crippen molar-refractivity contribution in [1.82, 2.24) is 9.80 Å². The minimum atomic E-state index is -1.18. The summed E-state index contributed by atoms with van der Waals surface area (Å²) in [5.41, 5.74) is 0.904. The van der Waals surface area contributed by atoms with Gasteiger partial charge in [0.15, 0.2) is 5.72 Å². The van der Waals surface area contributed by atoms with Gasteiger partial charge in [-0.1, -0.05) is 67.6 Å². The van der Waals surface area contributed by atoms with Crippen molar-refractivity contribution in [2.75, 3.05) is 39.3 Å². The standard InChI is InChI=1S/C32H40N2O4/c1-30-13-8-14-31(22-37-31)28(30)19-25-26(29(35)38-27(25)20-30)21-33-15-17-34(18-16-33)32(36,23-9-4-2-5-10-23)24-11-6-3-7-12-24/h2-7,9-12,25-28,36H,8,13-22H2,1H3/t25-,26+,27-,28+,30-,31+/m1/s1. The SMILES string of the molecule is C[C@]12CCC[C@]3(CO3)[C@H]1C[C@@H]1[C@H](CN3CCN(C(O)(c4ccccc4)c4ccccc4)CC3)C(=O)O[C@@H]1C2. The highest BCUT2D eigenvalue weighted by Gasteiger charge is 2.65. The van der Waals surface area contributed by atoms with E-state index in [9.17, 15) is 9.90 Å². The first-order chi connectivity index (χ1) is 18.4. The first-order valence-electron chi connectivity index (χ1n) is 14.6. The van der Waals surface area contributed by atoms with Gasteiger partial charge in [0.1, 0.15) is 6.10 Å². The number of carbonyl (C=O) groups excluding carboxylic acids is 1. The number of nitrogens with zero attached hydrogens (tertiary/aromatic N) is 2. The van der Waals surface area contributed by atoms with Crippen LogP contribution in [0.25, 0.3) is 0 Å². The van der Waals surface area contributed by atoms with Crippen LogP contribution in [0.1, 0.15) is 50.2 Å². The zero-order chi connectivity index (χ0) is 26.0. The molecule has 3 aliphatic heterocycles. The predicted octanol–water partition coefficient (Wildman–Crippen LogP) is 4.02. The molecule has 2 aliphatic carbocycles. The maximum Gasteiger partial charge on any atom is 0.310 e. The second-order valence-electron chi connectivity index (χ2n) is 12.8. The highest BCUT2D eigenvalue weighted by Crippen LogP contribution is 2.62. The number of fused-ring (bicyclic) bond motifs is 3. The fourth-order valence-corrected chi connectivity index (χ4v) is 8.57. The molecule has 7 rings (SSSR count). The van der Waals surface area contributed by atoms with E-state index in [1.807, 2.05) is 60.7 Å². The molecule has 2 aromatic carbocycles. The van der Waals surface area contributed by atoms with E-state index in [-0.39, 0.29) is 29.0 Å². The summed E-state index contributed by atoms with van der Waals surface area (Å²) < 4.78 is 12.1. The van der Waals surface area contributed by atoms with E-state index in [0.717, 1.165) is 63.3 Å². The molecule has 6 nitrogen and oxygen atoms in total. The summed E-state index contributed by atoms with van der Waals surface area (Å²) in [7, 11) is 0. The minimum absolute atomic E-state index is 0.000480. The molecule has 3 saturated heterocycles. The van der Waals surface area contributed by atoms with Crippen LogP contribution in [0.15, 0.2) is 60.7 Å². The Morgan fingerprint density at radius 1 is 0.974 bits per heavy atom. The molecule has 38 heavy (non-hydrogen) atoms. The third-order valence-electron chi connectivity index (χ3n) is 10.7. The van der Waals surface area contributed by atoms with E-state index in [2.05, 4.69) is 16.7 Å². The van der Waals surface area contributed by atoms with Crippen LogP contribution < -0.4 is 0 Å². The van der Waals surface area contributed by atoms with E-state index >= 15 is 0 Å². The maximum atomic E-state index is 13.2. The van der Waals surface area contributed by atoms with Gasteiger partial charge in [-0.15, -0.1) is 0 Å². The van der Waals surface area contributed by atoms with Gasteiger partial charge in [-0.25, -0.2) is 0 Å². The van der Waals surface area contributed by atoms with Crippen molar-refractivity contribution in [3.63, 3.8) is 0 Å². The molecule has 6 atom stereocenters. The predicted molar refractivity (Wildman–Crippen MR) is 144 cm³/mol. The van der Waals surface area contributed by atoms with Crippen LogP contribution in [0.3, 0.4) is 0 Å². The molecule has 202 valence electrons. The van der Waals surface area contributed by atoms with Crippen LogP contribution in [0.5, 0.6) is 0 Å². The van der Waals surface area contributed by atoms with E-state index in [1.165, 1.54) is 19.3 Å². The summed E-state index contributed by atoms with van der Waals surface area (Å²) in [6.07, 6.45) is 5.73. The Morgan fingerprint density at radius 3 is 2.21 bits per heavy atom. The lowest BCUT2D eigenvalue weighted by molar-refractivity contribution is -0.147. The van der Waals surface area contributed by atoms with Crippen LogP contribution in [-0.2, 0) is 20.0 Å². The van der Waals surface area contributed by atoms with Gasteiger partial charge in [0.2, 0.25) is 0 Å². The summed E-state index contributed by atoms with van der Waals surface area (Å²) in [6.45, 7) is 7.16. The highest BCUT2D eigenvalue weighted by molar-refractivity contribution is 5.75. The number of benzene rings is 2. The van der Waals surface area contributed by atoms with Crippen molar-refractivity contribution in [2.24, 2.45) is 23.2 Å². The molecule has 5 fully saturated rings. The fraction of sp³-hybridized carbons (Fsp3) is 0.594. The van der Waals surface area contributed by atoms with Crippen molar-refractivity contribution in [1.29, 1.82) is 0 Å². The zero-order valence-electron chi connectivity index (χ0n) is 22.4. The number of ether oxygens (including phenoxy) is 2. The molecule has 2 saturated carbocycles. The first-order valence-corrected chi connectivity index (χ1v) is 14.6. The summed E-state index contributed by atoms with van der Waals surface area (Å²) >= 11 is 0. The lowest BCUT2D eigenvalue weighted by Gasteiger charge is -2.51. The van der Waals surface area contributed by atoms with Gasteiger partial charge in [0.25, 0.3) is 0 Å². The smallest absolute Gasteiger partial charge is 0.310 e. The van der Waals surface area contributed by atoms with Crippen LogP contribution in [0.4, 0.5) is 0 Å². The molecule has 6 heteroatoms. The highest BCUT2D eigenvalue weighted by atomic mass is 16.6.